The maximum Gasteiger partial charge on any atom is 0.303 e. The zero-order valence-electron chi connectivity index (χ0n) is 11.7. The Morgan fingerprint density at radius 2 is 2.15 bits per heavy atom. The number of anilines is 1. The summed E-state index contributed by atoms with van der Waals surface area (Å²) in [6.07, 6.45) is 0.328. The van der Waals surface area contributed by atoms with Crippen molar-refractivity contribution in [1.82, 2.24) is 0 Å². The lowest BCUT2D eigenvalue weighted by Crippen LogP contribution is -2.31. The molecule has 0 saturated carbocycles. The molecule has 1 aromatic carbocycles. The largest absolute Gasteiger partial charge is 0.497 e. The Morgan fingerprint density at radius 3 is 2.65 bits per heavy atom. The van der Waals surface area contributed by atoms with Crippen molar-refractivity contribution in [2.75, 3.05) is 12.4 Å². The molecule has 0 bridgehead atoms. The molecule has 0 unspecified atom stereocenters. The number of nitrogens with one attached hydrogen (secondary N) is 1. The number of methoxy groups -OCH3 is 1. The molecule has 0 saturated heterocycles. The summed E-state index contributed by atoms with van der Waals surface area (Å²) in [5.74, 6) is -0.410. The minimum atomic E-state index is -0.903. The topological polar surface area (TPSA) is 102 Å². The van der Waals surface area contributed by atoms with Crippen LogP contribution in [0.3, 0.4) is 0 Å². The van der Waals surface area contributed by atoms with Crippen molar-refractivity contribution >= 4 is 17.3 Å². The highest BCUT2D eigenvalue weighted by Gasteiger charge is 2.23. The number of nitrogens with zero attached hydrogens (tertiary/aromatic N) is 1. The van der Waals surface area contributed by atoms with Crippen LogP contribution < -0.4 is 10.1 Å². The molecule has 0 aliphatic carbocycles. The average Bonchev–Trinajstić information content (AvgIpc) is 2.35. The highest BCUT2D eigenvalue weighted by molar-refractivity contribution is 5.68. The molecule has 0 amide bonds. The minimum Gasteiger partial charge on any atom is -0.497 e. The molecular formula is C13H18N2O5. The summed E-state index contributed by atoms with van der Waals surface area (Å²) in [7, 11) is 1.47. The van der Waals surface area contributed by atoms with E-state index in [-0.39, 0.29) is 12.1 Å². The van der Waals surface area contributed by atoms with Gasteiger partial charge in [0.25, 0.3) is 5.69 Å². The van der Waals surface area contributed by atoms with Crippen LogP contribution in [0.25, 0.3) is 0 Å². The molecule has 7 heteroatoms. The van der Waals surface area contributed by atoms with Crippen LogP contribution in [-0.2, 0) is 4.79 Å². The second kappa shape index (κ2) is 6.23. The van der Waals surface area contributed by atoms with Crippen molar-refractivity contribution < 1.29 is 19.6 Å². The summed E-state index contributed by atoms with van der Waals surface area (Å²) >= 11 is 0. The number of carboxylic acid groups (broad SMARTS) is 1. The number of hydrogen-bond acceptors (Lipinski definition) is 5. The predicted molar refractivity (Wildman–Crippen MR) is 74.2 cm³/mol. The summed E-state index contributed by atoms with van der Waals surface area (Å²) in [6, 6.07) is 4.39. The molecule has 0 aromatic heterocycles. The van der Waals surface area contributed by atoms with Crippen LogP contribution in [0.1, 0.15) is 26.7 Å². The zero-order chi connectivity index (χ0) is 15.3. The van der Waals surface area contributed by atoms with Gasteiger partial charge in [-0.1, -0.05) is 0 Å². The van der Waals surface area contributed by atoms with Crippen LogP contribution in [0.15, 0.2) is 18.2 Å². The van der Waals surface area contributed by atoms with Gasteiger partial charge >= 0.3 is 5.97 Å². The first-order valence-corrected chi connectivity index (χ1v) is 6.07. The SMILES string of the molecule is COc1ccc([N+](=O)[O-])c(NC(C)(C)CCC(=O)O)c1. The van der Waals surface area contributed by atoms with Gasteiger partial charge in [0.15, 0.2) is 0 Å². The van der Waals surface area contributed by atoms with Gasteiger partial charge in [-0.3, -0.25) is 14.9 Å². The minimum absolute atomic E-state index is 0.0161. The van der Waals surface area contributed by atoms with E-state index in [9.17, 15) is 14.9 Å². The van der Waals surface area contributed by atoms with Gasteiger partial charge in [0.05, 0.1) is 12.0 Å². The molecule has 20 heavy (non-hydrogen) atoms. The Labute approximate surface area is 116 Å². The van der Waals surface area contributed by atoms with Crippen LogP contribution in [0.2, 0.25) is 0 Å². The van der Waals surface area contributed by atoms with E-state index in [1.54, 1.807) is 13.8 Å². The van der Waals surface area contributed by atoms with Crippen molar-refractivity contribution in [2.24, 2.45) is 0 Å². The second-order valence-electron chi connectivity index (χ2n) is 5.04. The third-order valence-corrected chi connectivity index (χ3v) is 2.84. The highest BCUT2D eigenvalue weighted by atomic mass is 16.6. The first kappa shape index (κ1) is 15.7. The Kier molecular flexibility index (Phi) is 4.90. The Morgan fingerprint density at radius 1 is 1.50 bits per heavy atom. The van der Waals surface area contributed by atoms with E-state index in [1.807, 2.05) is 0 Å². The lowest BCUT2D eigenvalue weighted by atomic mass is 9.97. The molecule has 0 spiro atoms. The molecule has 1 rings (SSSR count). The van der Waals surface area contributed by atoms with Crippen LogP contribution >= 0.6 is 0 Å². The van der Waals surface area contributed by atoms with E-state index < -0.39 is 16.4 Å². The van der Waals surface area contributed by atoms with Crippen molar-refractivity contribution in [3.05, 3.63) is 28.3 Å². The fourth-order valence-corrected chi connectivity index (χ4v) is 1.75. The molecule has 0 atom stereocenters. The van der Waals surface area contributed by atoms with Crippen LogP contribution in [0.5, 0.6) is 5.75 Å². The maximum atomic E-state index is 11.0. The highest BCUT2D eigenvalue weighted by Crippen LogP contribution is 2.32. The molecule has 0 heterocycles. The number of carbonyl (C=O) groups is 1. The van der Waals surface area contributed by atoms with Crippen LogP contribution in [0.4, 0.5) is 11.4 Å². The second-order valence-corrected chi connectivity index (χ2v) is 5.04. The number of carboxylic acids is 1. The van der Waals surface area contributed by atoms with Gasteiger partial charge < -0.3 is 15.2 Å². The van der Waals surface area contributed by atoms with E-state index in [2.05, 4.69) is 5.32 Å². The zero-order valence-corrected chi connectivity index (χ0v) is 11.7. The van der Waals surface area contributed by atoms with Gasteiger partial charge in [-0.2, -0.15) is 0 Å². The molecule has 0 aliphatic rings. The summed E-state index contributed by atoms with van der Waals surface area (Å²) < 4.78 is 5.05. The fraction of sp³-hybridized carbons (Fsp3) is 0.462. The first-order chi connectivity index (χ1) is 9.25. The van der Waals surface area contributed by atoms with Crippen molar-refractivity contribution in [3.63, 3.8) is 0 Å². The summed E-state index contributed by atoms with van der Waals surface area (Å²) in [5.41, 5.74) is -0.353. The summed E-state index contributed by atoms with van der Waals surface area (Å²) in [4.78, 5) is 21.1. The van der Waals surface area contributed by atoms with E-state index in [4.69, 9.17) is 9.84 Å². The van der Waals surface area contributed by atoms with Crippen LogP contribution in [0, 0.1) is 10.1 Å². The molecule has 0 radical (unpaired) electrons. The third-order valence-electron chi connectivity index (χ3n) is 2.84. The lowest BCUT2D eigenvalue weighted by Gasteiger charge is -2.27. The molecule has 0 aliphatic heterocycles. The predicted octanol–water partition coefficient (Wildman–Crippen LogP) is 2.66. The number of hydrogen-bond donors (Lipinski definition) is 2. The van der Waals surface area contributed by atoms with Gasteiger partial charge in [-0.05, 0) is 26.3 Å². The number of aliphatic carboxylic acids is 1. The number of benzene rings is 1. The van der Waals surface area contributed by atoms with E-state index >= 15 is 0 Å². The molecule has 110 valence electrons. The van der Waals surface area contributed by atoms with E-state index in [0.29, 0.717) is 17.9 Å². The smallest absolute Gasteiger partial charge is 0.303 e. The summed E-state index contributed by atoms with van der Waals surface area (Å²) in [6.45, 7) is 3.58. The van der Waals surface area contributed by atoms with Crippen molar-refractivity contribution in [2.45, 2.75) is 32.2 Å². The molecule has 1 aromatic rings. The molecule has 0 fully saturated rings. The van der Waals surface area contributed by atoms with Gasteiger partial charge in [0, 0.05) is 24.1 Å². The van der Waals surface area contributed by atoms with E-state index in [1.165, 1.54) is 25.3 Å². The third kappa shape index (κ3) is 4.42. The quantitative estimate of drug-likeness (QED) is 0.589. The number of rotatable bonds is 7. The van der Waals surface area contributed by atoms with Crippen molar-refractivity contribution in [3.8, 4) is 5.75 Å². The van der Waals surface area contributed by atoms with Gasteiger partial charge in [0.1, 0.15) is 11.4 Å². The molecular weight excluding hydrogens is 264 g/mol. The Balaban J connectivity index is 2.99. The van der Waals surface area contributed by atoms with Crippen molar-refractivity contribution in [1.29, 1.82) is 0 Å². The number of ether oxygens (including phenoxy) is 1. The van der Waals surface area contributed by atoms with Gasteiger partial charge in [0.2, 0.25) is 0 Å². The van der Waals surface area contributed by atoms with Gasteiger partial charge in [-0.25, -0.2) is 0 Å². The normalized spacial score (nSPS) is 10.9. The van der Waals surface area contributed by atoms with Crippen LogP contribution in [-0.4, -0.2) is 28.6 Å². The maximum absolute atomic E-state index is 11.0. The first-order valence-electron chi connectivity index (χ1n) is 6.07. The summed E-state index contributed by atoms with van der Waals surface area (Å²) in [5, 5.41) is 22.7. The van der Waals surface area contributed by atoms with Gasteiger partial charge in [-0.15, -0.1) is 0 Å². The monoisotopic (exact) mass is 282 g/mol. The number of nitro groups is 1. The fourth-order valence-electron chi connectivity index (χ4n) is 1.75. The molecule has 7 nitrogen and oxygen atoms in total. The average molecular weight is 282 g/mol. The molecule has 2 N–H and O–H groups in total. The Bertz CT molecular complexity index is 513. The Hall–Kier alpha value is -2.31. The van der Waals surface area contributed by atoms with E-state index in [0.717, 1.165) is 0 Å². The lowest BCUT2D eigenvalue weighted by molar-refractivity contribution is -0.384. The standard InChI is InChI=1S/C13H18N2O5/c1-13(2,7-6-12(16)17)14-10-8-9(20-3)4-5-11(10)15(18)19/h4-5,8,14H,6-7H2,1-3H3,(H,16,17). The number of nitro benzene ring substituents is 1.